The number of thioether (sulfide) groups is 1. The number of rotatable bonds is 9. The molecule has 1 atom stereocenters. The quantitative estimate of drug-likeness (QED) is 0.381. The van der Waals surface area contributed by atoms with Crippen molar-refractivity contribution in [2.75, 3.05) is 18.6 Å². The summed E-state index contributed by atoms with van der Waals surface area (Å²) < 4.78 is 11.6. The smallest absolute Gasteiger partial charge is 0.340 e. The van der Waals surface area contributed by atoms with Gasteiger partial charge in [-0.25, -0.2) is 4.79 Å². The molecule has 0 fully saturated rings. The van der Waals surface area contributed by atoms with Gasteiger partial charge in [-0.2, -0.15) is 11.8 Å². The zero-order valence-electron chi connectivity index (χ0n) is 19.7. The number of carbonyl (C=O) groups excluding carboxylic acids is 2. The lowest BCUT2D eigenvalue weighted by atomic mass is 9.94. The SMILES string of the molecule is CSCC[C@@H](NC(=O)Cc1c(C)c2cc3c4c(oc3cc2oc1=O)CCCC4)C(=O)NCC(=O)O. The van der Waals surface area contributed by atoms with Crippen LogP contribution >= 0.6 is 11.8 Å². The lowest BCUT2D eigenvalue weighted by molar-refractivity contribution is -0.138. The van der Waals surface area contributed by atoms with E-state index in [1.807, 2.05) is 12.3 Å². The molecule has 35 heavy (non-hydrogen) atoms. The molecule has 4 rings (SSSR count). The lowest BCUT2D eigenvalue weighted by Crippen LogP contribution is -2.48. The number of amides is 2. The van der Waals surface area contributed by atoms with E-state index in [0.717, 1.165) is 42.2 Å². The molecule has 0 saturated heterocycles. The minimum Gasteiger partial charge on any atom is -0.480 e. The van der Waals surface area contributed by atoms with E-state index in [0.29, 0.717) is 28.9 Å². The summed E-state index contributed by atoms with van der Waals surface area (Å²) in [5.74, 6) is -0.695. The van der Waals surface area contributed by atoms with Crippen molar-refractivity contribution < 1.29 is 28.3 Å². The molecule has 2 amide bonds. The second-order valence-electron chi connectivity index (χ2n) is 8.74. The molecule has 0 saturated carbocycles. The molecular weight excluding hydrogens is 472 g/mol. The van der Waals surface area contributed by atoms with Crippen molar-refractivity contribution >= 4 is 51.5 Å². The first-order valence-electron chi connectivity index (χ1n) is 11.6. The van der Waals surface area contributed by atoms with Crippen LogP contribution in [0.1, 0.15) is 41.7 Å². The van der Waals surface area contributed by atoms with Crippen LogP contribution in [0.3, 0.4) is 0 Å². The zero-order chi connectivity index (χ0) is 25.1. The third-order valence-corrected chi connectivity index (χ3v) is 7.02. The Bertz CT molecular complexity index is 1360. The topological polar surface area (TPSA) is 139 Å². The van der Waals surface area contributed by atoms with Crippen molar-refractivity contribution in [3.05, 3.63) is 45.0 Å². The Balaban J connectivity index is 1.60. The van der Waals surface area contributed by atoms with Crippen LogP contribution in [-0.4, -0.2) is 47.5 Å². The van der Waals surface area contributed by atoms with Gasteiger partial charge in [0.15, 0.2) is 0 Å². The number of furan rings is 1. The molecule has 10 heteroatoms. The van der Waals surface area contributed by atoms with Gasteiger partial charge in [0.1, 0.15) is 29.5 Å². The molecule has 0 aliphatic heterocycles. The van der Waals surface area contributed by atoms with E-state index in [1.54, 1.807) is 13.0 Å². The van der Waals surface area contributed by atoms with E-state index >= 15 is 0 Å². The largest absolute Gasteiger partial charge is 0.480 e. The number of hydrogen-bond donors (Lipinski definition) is 3. The number of aliphatic carboxylic acids is 1. The second-order valence-corrected chi connectivity index (χ2v) is 9.72. The van der Waals surface area contributed by atoms with Crippen LogP contribution in [0, 0.1) is 6.92 Å². The molecular formula is C25H28N2O7S. The van der Waals surface area contributed by atoms with Crippen molar-refractivity contribution in [1.82, 2.24) is 10.6 Å². The van der Waals surface area contributed by atoms with Crippen LogP contribution in [0.2, 0.25) is 0 Å². The molecule has 0 bridgehead atoms. The van der Waals surface area contributed by atoms with Crippen molar-refractivity contribution in [1.29, 1.82) is 0 Å². The average Bonchev–Trinajstić information content (AvgIpc) is 3.19. The number of aryl methyl sites for hydroxylation is 3. The Morgan fingerprint density at radius 1 is 1.11 bits per heavy atom. The van der Waals surface area contributed by atoms with Crippen LogP contribution in [0.5, 0.6) is 0 Å². The third kappa shape index (κ3) is 5.37. The van der Waals surface area contributed by atoms with E-state index in [-0.39, 0.29) is 12.0 Å². The number of nitrogens with one attached hydrogen (secondary N) is 2. The Kier molecular flexibility index (Phi) is 7.49. The first-order chi connectivity index (χ1) is 16.8. The van der Waals surface area contributed by atoms with E-state index in [2.05, 4.69) is 10.6 Å². The van der Waals surface area contributed by atoms with Gasteiger partial charge in [0, 0.05) is 28.8 Å². The standard InChI is InChI=1S/C25H28N2O7S/c1-13-15-9-17-14-5-3-4-6-19(14)33-21(17)11-20(15)34-25(32)16(13)10-22(28)27-18(7-8-35-2)24(31)26-12-23(29)30/h9,11,18H,3-8,10,12H2,1-2H3,(H,26,31)(H,27,28)(H,29,30)/t18-/m1/s1. The molecule has 3 aromatic rings. The van der Waals surface area contributed by atoms with Gasteiger partial charge in [0.05, 0.1) is 12.0 Å². The first kappa shape index (κ1) is 24.8. The van der Waals surface area contributed by atoms with Gasteiger partial charge in [-0.1, -0.05) is 0 Å². The van der Waals surface area contributed by atoms with Crippen LogP contribution in [-0.2, 0) is 33.6 Å². The molecule has 2 aromatic heterocycles. The highest BCUT2D eigenvalue weighted by molar-refractivity contribution is 7.98. The minimum absolute atomic E-state index is 0.223. The van der Waals surface area contributed by atoms with Gasteiger partial charge < -0.3 is 24.6 Å². The Morgan fingerprint density at radius 3 is 2.60 bits per heavy atom. The first-order valence-corrected chi connectivity index (χ1v) is 13.0. The Hall–Kier alpha value is -3.27. The fraction of sp³-hybridized carbons (Fsp3) is 0.440. The number of hydrogen-bond acceptors (Lipinski definition) is 7. The minimum atomic E-state index is -1.18. The van der Waals surface area contributed by atoms with E-state index < -0.39 is 36.0 Å². The van der Waals surface area contributed by atoms with Gasteiger partial charge in [0.2, 0.25) is 11.8 Å². The molecule has 0 unspecified atom stereocenters. The monoisotopic (exact) mass is 500 g/mol. The lowest BCUT2D eigenvalue weighted by Gasteiger charge is -2.18. The van der Waals surface area contributed by atoms with Gasteiger partial charge >= 0.3 is 11.6 Å². The highest BCUT2D eigenvalue weighted by atomic mass is 32.2. The summed E-state index contributed by atoms with van der Waals surface area (Å²) in [6.07, 6.45) is 5.97. The van der Waals surface area contributed by atoms with Crippen molar-refractivity contribution in [2.24, 2.45) is 0 Å². The fourth-order valence-electron chi connectivity index (χ4n) is 4.55. The normalized spacial score (nSPS) is 14.0. The maximum atomic E-state index is 12.8. The summed E-state index contributed by atoms with van der Waals surface area (Å²) in [5.41, 5.74) is 2.55. The van der Waals surface area contributed by atoms with Gasteiger partial charge in [-0.3, -0.25) is 14.4 Å². The van der Waals surface area contributed by atoms with Gasteiger partial charge in [-0.15, -0.1) is 0 Å². The highest BCUT2D eigenvalue weighted by Gasteiger charge is 2.24. The van der Waals surface area contributed by atoms with Crippen molar-refractivity contribution in [3.8, 4) is 0 Å². The number of fused-ring (bicyclic) bond motifs is 4. The summed E-state index contributed by atoms with van der Waals surface area (Å²) in [7, 11) is 0. The summed E-state index contributed by atoms with van der Waals surface area (Å²) in [4.78, 5) is 48.7. The van der Waals surface area contributed by atoms with Crippen molar-refractivity contribution in [3.63, 3.8) is 0 Å². The zero-order valence-corrected chi connectivity index (χ0v) is 20.5. The maximum Gasteiger partial charge on any atom is 0.340 e. The van der Waals surface area contributed by atoms with Crippen LogP contribution in [0.4, 0.5) is 0 Å². The number of benzene rings is 1. The van der Waals surface area contributed by atoms with Crippen LogP contribution < -0.4 is 16.3 Å². The van der Waals surface area contributed by atoms with Crippen LogP contribution in [0.25, 0.3) is 21.9 Å². The molecule has 1 aromatic carbocycles. The van der Waals surface area contributed by atoms with E-state index in [9.17, 15) is 19.2 Å². The molecule has 0 radical (unpaired) electrons. The van der Waals surface area contributed by atoms with Gasteiger partial charge in [0.25, 0.3) is 0 Å². The average molecular weight is 501 g/mol. The summed E-state index contributed by atoms with van der Waals surface area (Å²) >= 11 is 1.50. The number of carboxylic acid groups (broad SMARTS) is 1. The summed E-state index contributed by atoms with van der Waals surface area (Å²) in [6.45, 7) is 1.25. The predicted molar refractivity (Wildman–Crippen MR) is 133 cm³/mol. The number of carbonyl (C=O) groups is 3. The molecule has 186 valence electrons. The third-order valence-electron chi connectivity index (χ3n) is 6.38. The summed E-state index contributed by atoms with van der Waals surface area (Å²) in [5, 5.41) is 15.5. The van der Waals surface area contributed by atoms with E-state index in [1.165, 1.54) is 17.3 Å². The molecule has 9 nitrogen and oxygen atoms in total. The fourth-order valence-corrected chi connectivity index (χ4v) is 5.02. The summed E-state index contributed by atoms with van der Waals surface area (Å²) in [6, 6.07) is 2.81. The molecule has 3 N–H and O–H groups in total. The number of carboxylic acids is 1. The Morgan fingerprint density at radius 2 is 1.86 bits per heavy atom. The van der Waals surface area contributed by atoms with E-state index in [4.69, 9.17) is 13.9 Å². The molecule has 0 spiro atoms. The van der Waals surface area contributed by atoms with Gasteiger partial charge in [-0.05, 0) is 56.2 Å². The highest BCUT2D eigenvalue weighted by Crippen LogP contribution is 2.35. The molecule has 1 aliphatic carbocycles. The van der Waals surface area contributed by atoms with Crippen molar-refractivity contribution in [2.45, 2.75) is 51.5 Å². The van der Waals surface area contributed by atoms with Crippen LogP contribution in [0.15, 0.2) is 25.8 Å². The Labute approximate surface area is 205 Å². The maximum absolute atomic E-state index is 12.8. The molecule has 1 aliphatic rings. The second kappa shape index (κ2) is 10.6. The predicted octanol–water partition coefficient (Wildman–Crippen LogP) is 2.71. The molecule has 2 heterocycles.